The molecule has 0 N–H and O–H groups in total. The molecule has 0 aliphatic heterocycles. The summed E-state index contributed by atoms with van der Waals surface area (Å²) in [6.45, 7) is 27.5. The van der Waals surface area contributed by atoms with Gasteiger partial charge in [0.1, 0.15) is 0 Å². The van der Waals surface area contributed by atoms with Crippen molar-refractivity contribution in [3.8, 4) is 0 Å². The maximum absolute atomic E-state index is 2.55. The van der Waals surface area contributed by atoms with E-state index in [9.17, 15) is 0 Å². The standard InChI is InChI=1S/C14H34P2Si2/c1-12(2)16(14(3,4)5)15-13(17(6,7)8)18(9,10)11/h12H,1-11H3. The van der Waals surface area contributed by atoms with E-state index < -0.39 is 16.1 Å². The van der Waals surface area contributed by atoms with Gasteiger partial charge >= 0.3 is 0 Å². The Kier molecular flexibility index (Phi) is 6.56. The molecular formula is C14H34P2Si2. The molecule has 108 valence electrons. The minimum atomic E-state index is -1.13. The molecule has 0 aliphatic rings. The van der Waals surface area contributed by atoms with Crippen molar-refractivity contribution in [2.24, 2.45) is 0 Å². The van der Waals surface area contributed by atoms with Crippen molar-refractivity contribution in [2.75, 3.05) is 0 Å². The van der Waals surface area contributed by atoms with Crippen molar-refractivity contribution < 1.29 is 0 Å². The number of hydrogen-bond acceptors (Lipinski definition) is 0. The third-order valence-corrected chi connectivity index (χ3v) is 23.2. The summed E-state index contributed by atoms with van der Waals surface area (Å²) in [6.07, 6.45) is 0. The van der Waals surface area contributed by atoms with Crippen molar-refractivity contribution in [1.29, 1.82) is 0 Å². The minimum Gasteiger partial charge on any atom is -0.0847 e. The summed E-state index contributed by atoms with van der Waals surface area (Å²) in [6, 6.07) is 0. The van der Waals surface area contributed by atoms with Gasteiger partial charge in [-0.15, -0.1) is 0 Å². The highest BCUT2D eigenvalue weighted by atomic mass is 32.0. The molecule has 0 fully saturated rings. The van der Waals surface area contributed by atoms with Crippen LogP contribution < -0.4 is 0 Å². The summed E-state index contributed by atoms with van der Waals surface area (Å²) in [5.74, 6) is 0. The molecule has 0 aliphatic carbocycles. The Balaban J connectivity index is 5.67. The van der Waals surface area contributed by atoms with Crippen LogP contribution in [-0.4, -0.2) is 31.5 Å². The minimum absolute atomic E-state index is 0.0760. The number of rotatable bonds is 4. The lowest BCUT2D eigenvalue weighted by molar-refractivity contribution is 0.780. The molecule has 1 unspecified atom stereocenters. The molecule has 0 amide bonds. The highest BCUT2D eigenvalue weighted by Gasteiger charge is 2.35. The van der Waals surface area contributed by atoms with E-state index in [1.807, 2.05) is 4.54 Å². The van der Waals surface area contributed by atoms with Gasteiger partial charge in [0.15, 0.2) is 0 Å². The molecule has 0 spiro atoms. The maximum Gasteiger partial charge on any atom is 0.0735 e. The normalized spacial score (nSPS) is 16.2. The fraction of sp³-hybridized carbons (Fsp3) is 0.929. The molecule has 0 saturated carbocycles. The summed E-state index contributed by atoms with van der Waals surface area (Å²) < 4.78 is 1.99. The fourth-order valence-corrected chi connectivity index (χ4v) is 25.8. The number of hydrogen-bond donors (Lipinski definition) is 0. The Hall–Kier alpha value is 1.03. The van der Waals surface area contributed by atoms with Crippen LogP contribution in [0.3, 0.4) is 0 Å². The Morgan fingerprint density at radius 1 is 0.889 bits per heavy atom. The van der Waals surface area contributed by atoms with Crippen LogP contribution in [0, 0.1) is 0 Å². The van der Waals surface area contributed by atoms with Crippen LogP contribution in [0.1, 0.15) is 34.6 Å². The SMILES string of the molecule is CC(C)P(P=C([Si](C)(C)C)[Si](C)(C)C)C(C)(C)C. The van der Waals surface area contributed by atoms with Gasteiger partial charge in [0.25, 0.3) is 0 Å². The second-order valence-corrected chi connectivity index (χ2v) is 25.5. The molecule has 0 radical (unpaired) electrons. The topological polar surface area (TPSA) is 0 Å². The van der Waals surface area contributed by atoms with E-state index >= 15 is 0 Å². The fourth-order valence-electron chi connectivity index (χ4n) is 2.57. The summed E-state index contributed by atoms with van der Waals surface area (Å²) in [4.78, 5) is 0. The summed E-state index contributed by atoms with van der Waals surface area (Å²) in [5.41, 5.74) is 0.837. The Labute approximate surface area is 121 Å². The first kappa shape index (κ1) is 19.0. The lowest BCUT2D eigenvalue weighted by Gasteiger charge is -2.37. The van der Waals surface area contributed by atoms with Crippen molar-refractivity contribution in [2.45, 2.75) is 84.7 Å². The van der Waals surface area contributed by atoms with E-state index in [0.717, 1.165) is 5.66 Å². The predicted octanol–water partition coefficient (Wildman–Crippen LogP) is 6.46. The first-order valence-corrected chi connectivity index (χ1v) is 17.1. The van der Waals surface area contributed by atoms with E-state index in [1.54, 1.807) is 7.89 Å². The molecule has 0 bridgehead atoms. The van der Waals surface area contributed by atoms with E-state index in [4.69, 9.17) is 0 Å². The van der Waals surface area contributed by atoms with E-state index in [0.29, 0.717) is 5.16 Å². The highest BCUT2D eigenvalue weighted by Crippen LogP contribution is 2.64. The molecule has 1 atom stereocenters. The van der Waals surface area contributed by atoms with E-state index in [2.05, 4.69) is 73.9 Å². The molecular weight excluding hydrogens is 286 g/mol. The third-order valence-electron chi connectivity index (χ3n) is 2.80. The third kappa shape index (κ3) is 5.99. The van der Waals surface area contributed by atoms with Crippen LogP contribution in [0.2, 0.25) is 39.3 Å². The van der Waals surface area contributed by atoms with Gasteiger partial charge in [0.2, 0.25) is 0 Å². The van der Waals surface area contributed by atoms with Crippen LogP contribution in [0.4, 0.5) is 0 Å². The van der Waals surface area contributed by atoms with Crippen molar-refractivity contribution >= 4 is 36.2 Å². The van der Waals surface area contributed by atoms with Crippen molar-refractivity contribution in [1.82, 2.24) is 0 Å². The van der Waals surface area contributed by atoms with Gasteiger partial charge in [0.05, 0.1) is 16.1 Å². The first-order chi connectivity index (χ1) is 7.67. The molecule has 0 heterocycles. The lowest BCUT2D eigenvalue weighted by atomic mass is 10.3. The van der Waals surface area contributed by atoms with Crippen LogP contribution in [0.15, 0.2) is 0 Å². The summed E-state index contributed by atoms with van der Waals surface area (Å²) in [5, 5.41) is 0.482. The Morgan fingerprint density at radius 3 is 1.39 bits per heavy atom. The zero-order valence-corrected chi connectivity index (χ0v) is 18.3. The summed E-state index contributed by atoms with van der Waals surface area (Å²) in [7, 11) is -0.440. The first-order valence-electron chi connectivity index (χ1n) is 7.06. The van der Waals surface area contributed by atoms with E-state index in [1.165, 1.54) is 0 Å². The molecule has 0 aromatic carbocycles. The van der Waals surface area contributed by atoms with Crippen molar-refractivity contribution in [3.05, 3.63) is 0 Å². The zero-order chi connectivity index (χ0) is 14.9. The van der Waals surface area contributed by atoms with E-state index in [-0.39, 0.29) is 7.61 Å². The molecule has 0 aromatic rings. The van der Waals surface area contributed by atoms with Gasteiger partial charge in [-0.05, 0) is 18.4 Å². The highest BCUT2D eigenvalue weighted by molar-refractivity contribution is 8.24. The average molecular weight is 321 g/mol. The Bertz CT molecular complexity index is 285. The average Bonchev–Trinajstić information content (AvgIpc) is 1.94. The maximum atomic E-state index is 2.55. The monoisotopic (exact) mass is 320 g/mol. The lowest BCUT2D eigenvalue weighted by Crippen LogP contribution is -2.48. The van der Waals surface area contributed by atoms with Gasteiger partial charge in [-0.1, -0.05) is 86.3 Å². The second-order valence-electron chi connectivity index (χ2n) is 8.56. The predicted molar refractivity (Wildman–Crippen MR) is 100 cm³/mol. The van der Waals surface area contributed by atoms with Gasteiger partial charge in [-0.2, -0.15) is 0 Å². The molecule has 0 saturated heterocycles. The smallest absolute Gasteiger partial charge is 0.0735 e. The van der Waals surface area contributed by atoms with Crippen LogP contribution in [0.5, 0.6) is 0 Å². The molecule has 4 heteroatoms. The van der Waals surface area contributed by atoms with Gasteiger partial charge < -0.3 is 0 Å². The van der Waals surface area contributed by atoms with Crippen LogP contribution in [-0.2, 0) is 0 Å². The van der Waals surface area contributed by atoms with Crippen LogP contribution in [0.25, 0.3) is 0 Å². The van der Waals surface area contributed by atoms with Crippen LogP contribution >= 0.6 is 15.5 Å². The van der Waals surface area contributed by atoms with Crippen molar-refractivity contribution in [3.63, 3.8) is 0 Å². The molecule has 0 aromatic heterocycles. The molecule has 0 rings (SSSR count). The Morgan fingerprint density at radius 2 is 1.22 bits per heavy atom. The van der Waals surface area contributed by atoms with Gasteiger partial charge in [-0.25, -0.2) is 0 Å². The largest absolute Gasteiger partial charge is 0.0847 e. The molecule has 0 nitrogen and oxygen atoms in total. The van der Waals surface area contributed by atoms with Gasteiger partial charge in [0, 0.05) is 0 Å². The zero-order valence-electron chi connectivity index (χ0n) is 14.5. The quantitative estimate of drug-likeness (QED) is 0.411. The van der Waals surface area contributed by atoms with Gasteiger partial charge in [-0.3, -0.25) is 0 Å². The molecule has 18 heavy (non-hydrogen) atoms. The summed E-state index contributed by atoms with van der Waals surface area (Å²) >= 11 is 0. The second kappa shape index (κ2) is 6.21.